The van der Waals surface area contributed by atoms with E-state index in [1.165, 1.54) is 63.1 Å². The first-order chi connectivity index (χ1) is 29.7. The van der Waals surface area contributed by atoms with Crippen LogP contribution in [-0.2, 0) is 28.6 Å². The molecule has 1 aliphatic carbocycles. The molecule has 2 unspecified atom stereocenters. The van der Waals surface area contributed by atoms with Crippen LogP contribution in [0.15, 0.2) is 83.9 Å². The Hall–Kier alpha value is -3.57. The number of nitrogens with zero attached hydrogens (tertiary/aromatic N) is 1. The topological polar surface area (TPSA) is 103 Å². The van der Waals surface area contributed by atoms with Crippen molar-refractivity contribution in [2.45, 2.75) is 211 Å². The summed E-state index contributed by atoms with van der Waals surface area (Å²) in [6.07, 6.45) is 50.1. The number of carbonyl (C=O) groups excluding carboxylic acids is 3. The van der Waals surface area contributed by atoms with Gasteiger partial charge < -0.3 is 14.2 Å². The normalized spacial score (nSPS) is 14.4. The predicted octanol–water partition coefficient (Wildman–Crippen LogP) is 15.2. The molecule has 0 saturated carbocycles. The van der Waals surface area contributed by atoms with Crippen LogP contribution in [0.4, 0.5) is 0 Å². The van der Waals surface area contributed by atoms with Crippen molar-refractivity contribution < 1.29 is 28.6 Å². The van der Waals surface area contributed by atoms with Crippen molar-refractivity contribution >= 4 is 29.7 Å². The highest BCUT2D eigenvalue weighted by Gasteiger charge is 2.29. The summed E-state index contributed by atoms with van der Waals surface area (Å²) >= 11 is 1.38. The highest BCUT2D eigenvalue weighted by Crippen LogP contribution is 2.39. The van der Waals surface area contributed by atoms with E-state index in [2.05, 4.69) is 81.2 Å². The van der Waals surface area contributed by atoms with E-state index in [-0.39, 0.29) is 38.4 Å². The standard InChI is InChI=1S/C53H83NO6S/c1-5-7-9-11-13-15-17-19-21-23-25-27-29-31-36-40-50(55)58-44-49(45-59-51(56)42-43-53(4,46-54)61-47(3)48-38-34-33-35-39-48)60-52(57)41-37-32-30-28-26-24-22-20-18-16-14-12-10-8-6-2/h13-16,19-22,33-34,38,49H,3,5-12,17-18,23-32,35-37,39-45H2,1-2,4H3/b15-13+,16-14+,21-19+,22-20+. The first kappa shape index (κ1) is 55.4. The molecule has 1 rings (SSSR count). The van der Waals surface area contributed by atoms with E-state index in [0.29, 0.717) is 12.8 Å². The molecule has 2 atom stereocenters. The summed E-state index contributed by atoms with van der Waals surface area (Å²) in [5, 5.41) is 9.96. The van der Waals surface area contributed by atoms with Gasteiger partial charge in [-0.25, -0.2) is 0 Å². The number of unbranched alkanes of at least 4 members (excludes halogenated alkanes) is 16. The number of thioether (sulfide) groups is 1. The third kappa shape index (κ3) is 33.7. The molecular formula is C53H83NO6S. The van der Waals surface area contributed by atoms with E-state index >= 15 is 0 Å². The van der Waals surface area contributed by atoms with Crippen LogP contribution < -0.4 is 0 Å². The Balaban J connectivity index is 2.47. The largest absolute Gasteiger partial charge is 0.462 e. The summed E-state index contributed by atoms with van der Waals surface area (Å²) in [5.41, 5.74) is 1.10. The molecule has 0 heterocycles. The Bertz CT molecular complexity index is 1420. The minimum atomic E-state index is -0.897. The van der Waals surface area contributed by atoms with Gasteiger partial charge in [0.1, 0.15) is 18.0 Å². The van der Waals surface area contributed by atoms with Gasteiger partial charge in [-0.05, 0) is 109 Å². The average Bonchev–Trinajstić information content (AvgIpc) is 3.26. The zero-order valence-electron chi connectivity index (χ0n) is 38.7. The second-order valence-corrected chi connectivity index (χ2v) is 18.1. The quantitative estimate of drug-likeness (QED) is 0.0261. The molecule has 0 amide bonds. The van der Waals surface area contributed by atoms with Crippen LogP contribution in [0.3, 0.4) is 0 Å². The van der Waals surface area contributed by atoms with Crippen molar-refractivity contribution in [3.8, 4) is 6.07 Å². The average molecular weight is 862 g/mol. The van der Waals surface area contributed by atoms with Gasteiger partial charge in [0.25, 0.3) is 0 Å². The van der Waals surface area contributed by atoms with Gasteiger partial charge in [0.2, 0.25) is 0 Å². The number of carbonyl (C=O) groups is 3. The maximum absolute atomic E-state index is 12.9. The van der Waals surface area contributed by atoms with Crippen LogP contribution in [0.5, 0.6) is 0 Å². The molecule has 0 N–H and O–H groups in total. The Morgan fingerprint density at radius 2 is 1.15 bits per heavy atom. The molecule has 0 radical (unpaired) electrons. The van der Waals surface area contributed by atoms with Crippen molar-refractivity contribution in [2.24, 2.45) is 0 Å². The van der Waals surface area contributed by atoms with Crippen molar-refractivity contribution in [3.05, 3.63) is 83.9 Å². The maximum atomic E-state index is 12.9. The minimum absolute atomic E-state index is 0.0164. The van der Waals surface area contributed by atoms with Gasteiger partial charge in [0.05, 0.1) is 6.07 Å². The molecule has 342 valence electrons. The lowest BCUT2D eigenvalue weighted by atomic mass is 10.1. The summed E-state index contributed by atoms with van der Waals surface area (Å²) < 4.78 is 15.9. The van der Waals surface area contributed by atoms with Gasteiger partial charge in [-0.2, -0.15) is 5.26 Å². The molecule has 7 nitrogen and oxygen atoms in total. The molecule has 0 aromatic carbocycles. The fourth-order valence-corrected chi connectivity index (χ4v) is 7.78. The van der Waals surface area contributed by atoms with Gasteiger partial charge in [-0.3, -0.25) is 14.4 Å². The van der Waals surface area contributed by atoms with Gasteiger partial charge >= 0.3 is 17.9 Å². The number of hydrogen-bond donors (Lipinski definition) is 0. The number of rotatable bonds is 39. The first-order valence-corrected chi connectivity index (χ1v) is 24.8. The molecule has 0 aromatic rings. The summed E-state index contributed by atoms with van der Waals surface area (Å²) in [6, 6.07) is 2.34. The highest BCUT2D eigenvalue weighted by molar-refractivity contribution is 8.04. The summed E-state index contributed by atoms with van der Waals surface area (Å²) in [4.78, 5) is 39.2. The molecule has 0 fully saturated rings. The zero-order valence-corrected chi connectivity index (χ0v) is 39.5. The number of nitriles is 1. The molecular weight excluding hydrogens is 779 g/mol. The molecule has 0 aliphatic heterocycles. The van der Waals surface area contributed by atoms with Crippen LogP contribution in [-0.4, -0.2) is 42.0 Å². The number of ether oxygens (including phenoxy) is 3. The molecule has 8 heteroatoms. The summed E-state index contributed by atoms with van der Waals surface area (Å²) in [5.74, 6) is -1.24. The predicted molar refractivity (Wildman–Crippen MR) is 257 cm³/mol. The van der Waals surface area contributed by atoms with Crippen molar-refractivity contribution in [1.29, 1.82) is 5.26 Å². The maximum Gasteiger partial charge on any atom is 0.306 e. The van der Waals surface area contributed by atoms with Gasteiger partial charge in [0.15, 0.2) is 6.10 Å². The second kappa shape index (κ2) is 39.3. The zero-order chi connectivity index (χ0) is 44.5. The van der Waals surface area contributed by atoms with E-state index in [4.69, 9.17) is 14.2 Å². The lowest BCUT2D eigenvalue weighted by Crippen LogP contribution is -2.31. The van der Waals surface area contributed by atoms with Crippen molar-refractivity contribution in [1.82, 2.24) is 0 Å². The molecule has 0 bridgehead atoms. The van der Waals surface area contributed by atoms with E-state index in [1.54, 1.807) is 6.92 Å². The monoisotopic (exact) mass is 862 g/mol. The third-order valence-electron chi connectivity index (χ3n) is 10.6. The number of hydrogen-bond acceptors (Lipinski definition) is 8. The number of allylic oxidation sites excluding steroid dienone is 12. The van der Waals surface area contributed by atoms with E-state index < -0.39 is 22.8 Å². The van der Waals surface area contributed by atoms with Gasteiger partial charge in [-0.1, -0.05) is 151 Å². The molecule has 1 aliphatic rings. The Morgan fingerprint density at radius 3 is 1.62 bits per heavy atom. The SMILES string of the molecule is C=C(SC(C)(C#N)CCC(=O)OCC(COC(=O)CCCCCCC/C=C/C/C=C/CCCCC)OC(=O)CCCCCCC/C=C/C/C=C/CCCCC)C1=CC=CCC1. The lowest BCUT2D eigenvalue weighted by Gasteiger charge is -2.23. The first-order valence-electron chi connectivity index (χ1n) is 24.0. The van der Waals surface area contributed by atoms with Crippen LogP contribution in [0.2, 0.25) is 0 Å². The van der Waals surface area contributed by atoms with Crippen molar-refractivity contribution in [3.63, 3.8) is 0 Å². The lowest BCUT2D eigenvalue weighted by molar-refractivity contribution is -0.167. The molecule has 61 heavy (non-hydrogen) atoms. The molecule has 0 aromatic heterocycles. The minimum Gasteiger partial charge on any atom is -0.462 e. The smallest absolute Gasteiger partial charge is 0.306 e. The Kier molecular flexibility index (Phi) is 35.7. The molecule has 0 spiro atoms. The Morgan fingerprint density at radius 1 is 0.689 bits per heavy atom. The number of esters is 3. The van der Waals surface area contributed by atoms with Crippen molar-refractivity contribution in [2.75, 3.05) is 13.2 Å². The second-order valence-electron chi connectivity index (χ2n) is 16.5. The van der Waals surface area contributed by atoms with Gasteiger partial charge in [-0.15, -0.1) is 11.8 Å². The van der Waals surface area contributed by atoms with E-state index in [9.17, 15) is 19.6 Å². The molecule has 0 saturated heterocycles. The van der Waals surface area contributed by atoms with Crippen LogP contribution >= 0.6 is 11.8 Å². The summed E-state index contributed by atoms with van der Waals surface area (Å²) in [6.45, 7) is 10.0. The van der Waals surface area contributed by atoms with E-state index in [1.807, 2.05) is 12.2 Å². The fraction of sp³-hybridized carbons (Fsp3) is 0.660. The summed E-state index contributed by atoms with van der Waals surface area (Å²) in [7, 11) is 0. The van der Waals surface area contributed by atoms with Crippen LogP contribution in [0, 0.1) is 11.3 Å². The third-order valence-corrected chi connectivity index (χ3v) is 11.8. The van der Waals surface area contributed by atoms with Gasteiger partial charge in [0, 0.05) is 24.2 Å². The van der Waals surface area contributed by atoms with Crippen LogP contribution in [0.1, 0.15) is 201 Å². The fourth-order valence-electron chi connectivity index (χ4n) is 6.68. The van der Waals surface area contributed by atoms with Crippen LogP contribution in [0.25, 0.3) is 0 Å². The highest BCUT2D eigenvalue weighted by atomic mass is 32.2. The Labute approximate surface area is 376 Å². The van der Waals surface area contributed by atoms with E-state index in [0.717, 1.165) is 107 Å².